The second-order valence-corrected chi connectivity index (χ2v) is 6.72. The maximum absolute atomic E-state index is 12.4. The van der Waals surface area contributed by atoms with Crippen LogP contribution in [0, 0.1) is 0 Å². The van der Waals surface area contributed by atoms with Gasteiger partial charge in [0.1, 0.15) is 19.8 Å². The van der Waals surface area contributed by atoms with Gasteiger partial charge in [0, 0.05) is 11.8 Å². The van der Waals surface area contributed by atoms with E-state index in [4.69, 9.17) is 14.2 Å². The van der Waals surface area contributed by atoms with Gasteiger partial charge in [-0.25, -0.2) is 0 Å². The first kappa shape index (κ1) is 19.4. The largest absolute Gasteiger partial charge is 0.486 e. The van der Waals surface area contributed by atoms with Gasteiger partial charge in [-0.15, -0.1) is 0 Å². The molecule has 9 heteroatoms. The maximum Gasteiger partial charge on any atom is 0.326 e. The van der Waals surface area contributed by atoms with E-state index in [0.29, 0.717) is 30.4 Å². The number of imide groups is 1. The highest BCUT2D eigenvalue weighted by Gasteiger charge is 2.37. The average molecular weight is 410 g/mol. The molecule has 3 amide bonds. The first-order valence-electron chi connectivity index (χ1n) is 9.29. The Bertz CT molecular complexity index is 1010. The molecule has 0 fully saturated rings. The lowest BCUT2D eigenvalue weighted by atomic mass is 10.1. The van der Waals surface area contributed by atoms with Crippen molar-refractivity contribution in [2.45, 2.75) is 13.0 Å². The summed E-state index contributed by atoms with van der Waals surface area (Å²) in [6.45, 7) is 1.69. The Morgan fingerprint density at radius 3 is 2.33 bits per heavy atom. The molecule has 0 spiro atoms. The van der Waals surface area contributed by atoms with Crippen molar-refractivity contribution in [3.05, 3.63) is 53.6 Å². The predicted molar refractivity (Wildman–Crippen MR) is 103 cm³/mol. The molecule has 2 aliphatic rings. The van der Waals surface area contributed by atoms with Crippen molar-refractivity contribution in [2.24, 2.45) is 0 Å². The van der Waals surface area contributed by atoms with Crippen molar-refractivity contribution in [3.8, 4) is 11.5 Å². The van der Waals surface area contributed by atoms with Gasteiger partial charge in [-0.05, 0) is 31.2 Å². The molecule has 9 nitrogen and oxygen atoms in total. The van der Waals surface area contributed by atoms with Gasteiger partial charge >= 0.3 is 5.97 Å². The summed E-state index contributed by atoms with van der Waals surface area (Å²) in [5.74, 6) is -1.48. The molecule has 1 N–H and O–H groups in total. The number of nitrogens with one attached hydrogen (secondary N) is 1. The molecule has 2 aromatic rings. The van der Waals surface area contributed by atoms with Crippen LogP contribution in [0.4, 0.5) is 5.69 Å². The van der Waals surface area contributed by atoms with E-state index in [0.717, 1.165) is 4.90 Å². The minimum absolute atomic E-state index is 0.236. The van der Waals surface area contributed by atoms with Crippen LogP contribution < -0.4 is 14.8 Å². The topological polar surface area (TPSA) is 111 Å². The SMILES string of the molecule is CC(OC(=O)CN1C(=O)c2ccccc2C1=O)C(=O)Nc1ccc2c(c1)OCCO2. The van der Waals surface area contributed by atoms with Crippen molar-refractivity contribution in [2.75, 3.05) is 25.1 Å². The van der Waals surface area contributed by atoms with Crippen LogP contribution in [0.15, 0.2) is 42.5 Å². The molecule has 0 saturated carbocycles. The molecule has 0 radical (unpaired) electrons. The van der Waals surface area contributed by atoms with Gasteiger partial charge in [-0.1, -0.05) is 12.1 Å². The molecule has 1 unspecified atom stereocenters. The summed E-state index contributed by atoms with van der Waals surface area (Å²) in [4.78, 5) is 50.0. The van der Waals surface area contributed by atoms with Crippen molar-refractivity contribution in [3.63, 3.8) is 0 Å². The van der Waals surface area contributed by atoms with Gasteiger partial charge in [-0.2, -0.15) is 0 Å². The average Bonchev–Trinajstić information content (AvgIpc) is 2.98. The van der Waals surface area contributed by atoms with Gasteiger partial charge in [0.05, 0.1) is 11.1 Å². The molecule has 30 heavy (non-hydrogen) atoms. The third-order valence-corrected chi connectivity index (χ3v) is 4.65. The van der Waals surface area contributed by atoms with Crippen molar-refractivity contribution in [1.82, 2.24) is 4.90 Å². The van der Waals surface area contributed by atoms with E-state index < -0.39 is 36.3 Å². The zero-order valence-electron chi connectivity index (χ0n) is 16.0. The molecule has 154 valence electrons. The molecule has 0 aromatic heterocycles. The van der Waals surface area contributed by atoms with E-state index in [9.17, 15) is 19.2 Å². The van der Waals surface area contributed by atoms with Crippen LogP contribution in [0.1, 0.15) is 27.6 Å². The Morgan fingerprint density at radius 2 is 1.67 bits per heavy atom. The highest BCUT2D eigenvalue weighted by molar-refractivity contribution is 6.22. The third kappa shape index (κ3) is 3.69. The number of benzene rings is 2. The van der Waals surface area contributed by atoms with Crippen molar-refractivity contribution < 1.29 is 33.4 Å². The Labute approximate surface area is 171 Å². The first-order chi connectivity index (χ1) is 14.4. The summed E-state index contributed by atoms with van der Waals surface area (Å²) in [7, 11) is 0. The van der Waals surface area contributed by atoms with Gasteiger partial charge in [0.2, 0.25) is 0 Å². The Kier molecular flexibility index (Phi) is 5.09. The molecule has 0 saturated heterocycles. The number of anilines is 1. The number of ether oxygens (including phenoxy) is 3. The lowest BCUT2D eigenvalue weighted by molar-refractivity contribution is -0.153. The zero-order valence-corrected chi connectivity index (χ0v) is 16.0. The normalized spacial score (nSPS) is 15.4. The maximum atomic E-state index is 12.4. The number of carbonyl (C=O) groups is 4. The van der Waals surface area contributed by atoms with Crippen molar-refractivity contribution >= 4 is 29.4 Å². The number of carbonyl (C=O) groups excluding carboxylic acids is 4. The second-order valence-electron chi connectivity index (χ2n) is 6.72. The van der Waals surface area contributed by atoms with Crippen LogP contribution >= 0.6 is 0 Å². The molecule has 4 rings (SSSR count). The lowest BCUT2D eigenvalue weighted by Gasteiger charge is -2.20. The van der Waals surface area contributed by atoms with Crippen LogP contribution in [0.5, 0.6) is 11.5 Å². The minimum atomic E-state index is -1.14. The van der Waals surface area contributed by atoms with Gasteiger partial charge in [-0.3, -0.25) is 24.1 Å². The lowest BCUT2D eigenvalue weighted by Crippen LogP contribution is -2.38. The molecule has 0 aliphatic carbocycles. The Balaban J connectivity index is 1.34. The summed E-state index contributed by atoms with van der Waals surface area (Å²) >= 11 is 0. The van der Waals surface area contributed by atoms with Gasteiger partial charge in [0.15, 0.2) is 17.6 Å². The van der Waals surface area contributed by atoms with E-state index in [-0.39, 0.29) is 11.1 Å². The van der Waals surface area contributed by atoms with Crippen LogP contribution in [0.2, 0.25) is 0 Å². The molecular weight excluding hydrogens is 392 g/mol. The molecule has 2 aromatic carbocycles. The first-order valence-corrected chi connectivity index (χ1v) is 9.29. The summed E-state index contributed by atoms with van der Waals surface area (Å²) in [6, 6.07) is 11.2. The van der Waals surface area contributed by atoms with Gasteiger partial charge in [0.25, 0.3) is 17.7 Å². The molecule has 0 bridgehead atoms. The zero-order chi connectivity index (χ0) is 21.3. The Hall–Kier alpha value is -3.88. The standard InChI is InChI=1S/C21H18N2O7/c1-12(19(25)22-13-6-7-16-17(10-13)29-9-8-28-16)30-18(24)11-23-20(26)14-4-2-3-5-15(14)21(23)27/h2-7,10,12H,8-9,11H2,1H3,(H,22,25). The number of amides is 3. The number of rotatable bonds is 5. The van der Waals surface area contributed by atoms with Gasteiger partial charge < -0.3 is 19.5 Å². The van der Waals surface area contributed by atoms with E-state index in [1.165, 1.54) is 19.1 Å². The van der Waals surface area contributed by atoms with E-state index in [1.807, 2.05) is 0 Å². The quantitative estimate of drug-likeness (QED) is 0.589. The van der Waals surface area contributed by atoms with Crippen LogP contribution in [0.25, 0.3) is 0 Å². The number of nitrogens with zero attached hydrogens (tertiary/aromatic N) is 1. The smallest absolute Gasteiger partial charge is 0.326 e. The predicted octanol–water partition coefficient (Wildman–Crippen LogP) is 1.62. The fourth-order valence-electron chi connectivity index (χ4n) is 3.16. The fraction of sp³-hybridized carbons (Fsp3) is 0.238. The Morgan fingerprint density at radius 1 is 1.03 bits per heavy atom. The minimum Gasteiger partial charge on any atom is -0.486 e. The molecule has 1 atom stereocenters. The van der Waals surface area contributed by atoms with E-state index in [2.05, 4.69) is 5.32 Å². The summed E-state index contributed by atoms with van der Waals surface area (Å²) in [5.41, 5.74) is 0.923. The molecular formula is C21H18N2O7. The molecule has 2 aliphatic heterocycles. The second kappa shape index (κ2) is 7.86. The van der Waals surface area contributed by atoms with Crippen molar-refractivity contribution in [1.29, 1.82) is 0 Å². The highest BCUT2D eigenvalue weighted by Crippen LogP contribution is 2.32. The van der Waals surface area contributed by atoms with E-state index in [1.54, 1.807) is 30.3 Å². The monoisotopic (exact) mass is 410 g/mol. The van der Waals surface area contributed by atoms with Crippen LogP contribution in [-0.2, 0) is 14.3 Å². The van der Waals surface area contributed by atoms with Crippen LogP contribution in [0.3, 0.4) is 0 Å². The fourth-order valence-corrected chi connectivity index (χ4v) is 3.16. The summed E-state index contributed by atoms with van der Waals surface area (Å²) < 4.78 is 16.0. The molecule has 2 heterocycles. The number of esters is 1. The summed E-state index contributed by atoms with van der Waals surface area (Å²) in [5, 5.41) is 2.62. The number of hydrogen-bond donors (Lipinski definition) is 1. The van der Waals surface area contributed by atoms with Crippen LogP contribution in [-0.4, -0.2) is 54.5 Å². The number of fused-ring (bicyclic) bond motifs is 2. The summed E-state index contributed by atoms with van der Waals surface area (Å²) in [6.07, 6.45) is -1.14. The van der Waals surface area contributed by atoms with E-state index >= 15 is 0 Å². The third-order valence-electron chi connectivity index (χ3n) is 4.65. The number of hydrogen-bond acceptors (Lipinski definition) is 7. The highest BCUT2D eigenvalue weighted by atomic mass is 16.6.